The molecular weight excluding hydrogens is 296 g/mol. The van der Waals surface area contributed by atoms with Gasteiger partial charge in [0.05, 0.1) is 23.4 Å². The first-order valence-corrected chi connectivity index (χ1v) is 7.07. The van der Waals surface area contributed by atoms with Crippen LogP contribution in [0.25, 0.3) is 0 Å². The second kappa shape index (κ2) is 6.78. The molecule has 0 aliphatic carbocycles. The predicted molar refractivity (Wildman–Crippen MR) is 79.0 cm³/mol. The van der Waals surface area contributed by atoms with Crippen LogP contribution in [0.2, 0.25) is 5.02 Å². The highest BCUT2D eigenvalue weighted by Gasteiger charge is 2.24. The average molecular weight is 313 g/mol. The number of carboxylic acids is 1. The van der Waals surface area contributed by atoms with Crippen LogP contribution < -0.4 is 10.6 Å². The zero-order valence-corrected chi connectivity index (χ0v) is 12.3. The molecule has 2 unspecified atom stereocenters. The number of amides is 2. The Morgan fingerprint density at radius 3 is 2.86 bits per heavy atom. The number of halogens is 1. The molecule has 114 valence electrons. The molecule has 0 spiro atoms. The fourth-order valence-electron chi connectivity index (χ4n) is 2.26. The Bertz CT molecular complexity index is 544. The molecule has 0 radical (unpaired) electrons. The van der Waals surface area contributed by atoms with E-state index < -0.39 is 12.0 Å². The molecule has 2 amide bonds. The van der Waals surface area contributed by atoms with Crippen molar-refractivity contribution >= 4 is 29.3 Å². The summed E-state index contributed by atoms with van der Waals surface area (Å²) in [7, 11) is 0. The van der Waals surface area contributed by atoms with Crippen molar-refractivity contribution < 1.29 is 19.4 Å². The van der Waals surface area contributed by atoms with E-state index in [0.29, 0.717) is 11.6 Å². The molecule has 2 rings (SSSR count). The SMILES string of the molecule is CC(NC(=O)Nc1cc(Cl)ccc1C(=O)O)C1CCCO1. The van der Waals surface area contributed by atoms with E-state index in [0.717, 1.165) is 12.8 Å². The molecule has 1 aliphatic rings. The van der Waals surface area contributed by atoms with Gasteiger partial charge >= 0.3 is 12.0 Å². The van der Waals surface area contributed by atoms with Crippen LogP contribution in [0.1, 0.15) is 30.1 Å². The maximum Gasteiger partial charge on any atom is 0.337 e. The van der Waals surface area contributed by atoms with Gasteiger partial charge in [0.25, 0.3) is 0 Å². The van der Waals surface area contributed by atoms with E-state index >= 15 is 0 Å². The highest BCUT2D eigenvalue weighted by Crippen LogP contribution is 2.21. The van der Waals surface area contributed by atoms with E-state index in [1.807, 2.05) is 6.92 Å². The number of carbonyl (C=O) groups is 2. The van der Waals surface area contributed by atoms with Crippen molar-refractivity contribution in [2.24, 2.45) is 0 Å². The fraction of sp³-hybridized carbons (Fsp3) is 0.429. The second-order valence-corrected chi connectivity index (χ2v) is 5.37. The highest BCUT2D eigenvalue weighted by molar-refractivity contribution is 6.31. The van der Waals surface area contributed by atoms with Gasteiger partial charge in [0.2, 0.25) is 0 Å². The van der Waals surface area contributed by atoms with E-state index in [9.17, 15) is 9.59 Å². The smallest absolute Gasteiger partial charge is 0.337 e. The largest absolute Gasteiger partial charge is 0.478 e. The van der Waals surface area contributed by atoms with E-state index in [1.165, 1.54) is 18.2 Å². The summed E-state index contributed by atoms with van der Waals surface area (Å²) in [6, 6.07) is 3.58. The van der Waals surface area contributed by atoms with Crippen LogP contribution in [0, 0.1) is 0 Å². The summed E-state index contributed by atoms with van der Waals surface area (Å²) in [5, 5.41) is 14.7. The summed E-state index contributed by atoms with van der Waals surface area (Å²) < 4.78 is 5.49. The van der Waals surface area contributed by atoms with Crippen LogP contribution in [0.4, 0.5) is 10.5 Å². The van der Waals surface area contributed by atoms with Crippen molar-refractivity contribution in [1.82, 2.24) is 5.32 Å². The highest BCUT2D eigenvalue weighted by atomic mass is 35.5. The van der Waals surface area contributed by atoms with Crippen molar-refractivity contribution in [2.75, 3.05) is 11.9 Å². The number of carboxylic acid groups (broad SMARTS) is 1. The predicted octanol–water partition coefficient (Wildman–Crippen LogP) is 2.73. The van der Waals surface area contributed by atoms with Crippen molar-refractivity contribution in [3.05, 3.63) is 28.8 Å². The minimum Gasteiger partial charge on any atom is -0.478 e. The van der Waals surface area contributed by atoms with Crippen LogP contribution >= 0.6 is 11.6 Å². The first-order chi connectivity index (χ1) is 9.97. The standard InChI is InChI=1S/C14H17ClN2O4/c1-8(12-3-2-6-21-12)16-14(20)17-11-7-9(15)4-5-10(11)13(18)19/h4-5,7-8,12H,2-3,6H2,1H3,(H,18,19)(H2,16,17,20). The molecule has 2 atom stereocenters. The van der Waals surface area contributed by atoms with Gasteiger partial charge in [0, 0.05) is 11.6 Å². The van der Waals surface area contributed by atoms with Gasteiger partial charge in [-0.1, -0.05) is 11.6 Å². The molecule has 1 saturated heterocycles. The first kappa shape index (κ1) is 15.6. The third-order valence-electron chi connectivity index (χ3n) is 3.34. The van der Waals surface area contributed by atoms with Crippen LogP contribution in [0.15, 0.2) is 18.2 Å². The van der Waals surface area contributed by atoms with Crippen molar-refractivity contribution in [3.63, 3.8) is 0 Å². The maximum absolute atomic E-state index is 12.0. The van der Waals surface area contributed by atoms with Gasteiger partial charge in [-0.2, -0.15) is 0 Å². The number of aromatic carboxylic acids is 1. The fourth-order valence-corrected chi connectivity index (χ4v) is 2.43. The van der Waals surface area contributed by atoms with Crippen LogP contribution in [-0.4, -0.2) is 35.9 Å². The lowest BCUT2D eigenvalue weighted by molar-refractivity contribution is 0.0698. The Morgan fingerprint density at radius 1 is 1.48 bits per heavy atom. The third kappa shape index (κ3) is 4.09. The Hall–Kier alpha value is -1.79. The summed E-state index contributed by atoms with van der Waals surface area (Å²) in [6.45, 7) is 2.56. The van der Waals surface area contributed by atoms with Crippen LogP contribution in [0.3, 0.4) is 0 Å². The minimum atomic E-state index is -1.13. The number of hydrogen-bond donors (Lipinski definition) is 3. The summed E-state index contributed by atoms with van der Waals surface area (Å²) in [5.41, 5.74) is 0.145. The normalized spacial score (nSPS) is 19.0. The van der Waals surface area contributed by atoms with Crippen molar-refractivity contribution in [2.45, 2.75) is 31.9 Å². The Labute approximate surface area is 127 Å². The number of nitrogens with one attached hydrogen (secondary N) is 2. The monoisotopic (exact) mass is 312 g/mol. The number of anilines is 1. The maximum atomic E-state index is 12.0. The van der Waals surface area contributed by atoms with Crippen LogP contribution in [0.5, 0.6) is 0 Å². The van der Waals surface area contributed by atoms with Gasteiger partial charge in [-0.25, -0.2) is 9.59 Å². The molecular formula is C14H17ClN2O4. The van der Waals surface area contributed by atoms with Gasteiger partial charge < -0.3 is 20.5 Å². The van der Waals surface area contributed by atoms with Gasteiger partial charge in [-0.3, -0.25) is 0 Å². The Balaban J connectivity index is 2.02. The van der Waals surface area contributed by atoms with E-state index in [-0.39, 0.29) is 23.4 Å². The minimum absolute atomic E-state index is 0.00550. The summed E-state index contributed by atoms with van der Waals surface area (Å²) in [4.78, 5) is 23.1. The number of rotatable bonds is 4. The zero-order valence-electron chi connectivity index (χ0n) is 11.6. The molecule has 1 aliphatic heterocycles. The molecule has 0 bridgehead atoms. The number of carbonyl (C=O) groups excluding carboxylic acids is 1. The quantitative estimate of drug-likeness (QED) is 0.797. The van der Waals surface area contributed by atoms with Gasteiger partial charge in [0.15, 0.2) is 0 Å². The van der Waals surface area contributed by atoms with E-state index in [4.69, 9.17) is 21.4 Å². The molecule has 0 aromatic heterocycles. The molecule has 21 heavy (non-hydrogen) atoms. The topological polar surface area (TPSA) is 87.7 Å². The Kier molecular flexibility index (Phi) is 5.03. The van der Waals surface area contributed by atoms with Gasteiger partial charge in [-0.15, -0.1) is 0 Å². The molecule has 6 nitrogen and oxygen atoms in total. The lowest BCUT2D eigenvalue weighted by atomic mass is 10.1. The summed E-state index contributed by atoms with van der Waals surface area (Å²) >= 11 is 5.83. The number of ether oxygens (including phenoxy) is 1. The van der Waals surface area contributed by atoms with E-state index in [2.05, 4.69) is 10.6 Å². The number of urea groups is 1. The summed E-state index contributed by atoms with van der Waals surface area (Å²) in [5.74, 6) is -1.13. The van der Waals surface area contributed by atoms with E-state index in [1.54, 1.807) is 0 Å². The molecule has 1 aromatic rings. The average Bonchev–Trinajstić information content (AvgIpc) is 2.91. The molecule has 1 aromatic carbocycles. The lowest BCUT2D eigenvalue weighted by Crippen LogP contribution is -2.43. The first-order valence-electron chi connectivity index (χ1n) is 6.69. The molecule has 3 N–H and O–H groups in total. The Morgan fingerprint density at radius 2 is 2.24 bits per heavy atom. The number of benzene rings is 1. The molecule has 7 heteroatoms. The lowest BCUT2D eigenvalue weighted by Gasteiger charge is -2.20. The molecule has 1 fully saturated rings. The van der Waals surface area contributed by atoms with Gasteiger partial charge in [0.1, 0.15) is 0 Å². The van der Waals surface area contributed by atoms with Gasteiger partial charge in [-0.05, 0) is 38.0 Å². The molecule has 1 heterocycles. The van der Waals surface area contributed by atoms with Crippen molar-refractivity contribution in [3.8, 4) is 0 Å². The molecule has 0 saturated carbocycles. The third-order valence-corrected chi connectivity index (χ3v) is 3.58. The zero-order chi connectivity index (χ0) is 15.4. The number of hydrogen-bond acceptors (Lipinski definition) is 3. The summed E-state index contributed by atoms with van der Waals surface area (Å²) in [6.07, 6.45) is 1.88. The van der Waals surface area contributed by atoms with Crippen LogP contribution in [-0.2, 0) is 4.74 Å². The second-order valence-electron chi connectivity index (χ2n) is 4.93. The van der Waals surface area contributed by atoms with Crippen molar-refractivity contribution in [1.29, 1.82) is 0 Å².